The lowest BCUT2D eigenvalue weighted by Gasteiger charge is -2.60. The number of carbonyl (C=O) groups is 2. The van der Waals surface area contributed by atoms with E-state index >= 15 is 0 Å². The minimum absolute atomic E-state index is 0.00000650. The van der Waals surface area contributed by atoms with Crippen molar-refractivity contribution in [2.45, 2.75) is 70.8 Å². The molecule has 4 nitrogen and oxygen atoms in total. The van der Waals surface area contributed by atoms with Gasteiger partial charge in [0.25, 0.3) is 0 Å². The van der Waals surface area contributed by atoms with Crippen molar-refractivity contribution in [1.29, 1.82) is 0 Å². The number of hydrogen-bond donors (Lipinski definition) is 1. The highest BCUT2D eigenvalue weighted by atomic mass is 16.5. The van der Waals surface area contributed by atoms with Crippen molar-refractivity contribution >= 4 is 11.8 Å². The lowest BCUT2D eigenvalue weighted by molar-refractivity contribution is -0.140. The van der Waals surface area contributed by atoms with E-state index in [9.17, 15) is 14.7 Å². The van der Waals surface area contributed by atoms with E-state index in [1.807, 2.05) is 6.07 Å². The highest BCUT2D eigenvalue weighted by Gasteiger charge is 2.64. The molecule has 33 heavy (non-hydrogen) atoms. The van der Waals surface area contributed by atoms with Crippen LogP contribution in [0.5, 0.6) is 0 Å². The fourth-order valence-electron chi connectivity index (χ4n) is 8.14. The summed E-state index contributed by atoms with van der Waals surface area (Å²) in [6.07, 6.45) is 14.2. The van der Waals surface area contributed by atoms with Crippen LogP contribution in [-0.4, -0.2) is 22.5 Å². The Morgan fingerprint density at radius 1 is 1.12 bits per heavy atom. The molecule has 5 rings (SSSR count). The Morgan fingerprint density at radius 3 is 2.58 bits per heavy atom. The second-order valence-corrected chi connectivity index (χ2v) is 11.4. The van der Waals surface area contributed by atoms with Crippen molar-refractivity contribution in [2.75, 3.05) is 0 Å². The van der Waals surface area contributed by atoms with Gasteiger partial charge in [-0.15, -0.1) is 6.42 Å². The maximum atomic E-state index is 12.9. The van der Waals surface area contributed by atoms with Crippen molar-refractivity contribution in [3.05, 3.63) is 47.7 Å². The van der Waals surface area contributed by atoms with Crippen LogP contribution in [0, 0.1) is 46.8 Å². The first-order valence-corrected chi connectivity index (χ1v) is 12.4. The highest BCUT2D eigenvalue weighted by Crippen LogP contribution is 2.68. The minimum Gasteiger partial charge on any atom is -0.430 e. The first-order valence-electron chi connectivity index (χ1n) is 12.4. The summed E-state index contributed by atoms with van der Waals surface area (Å²) in [5.41, 5.74) is -0.105. The minimum atomic E-state index is -1.00. The molecule has 0 amide bonds. The van der Waals surface area contributed by atoms with Gasteiger partial charge in [-0.05, 0) is 86.2 Å². The number of benzene rings is 1. The zero-order valence-electron chi connectivity index (χ0n) is 19.7. The van der Waals surface area contributed by atoms with E-state index < -0.39 is 11.6 Å². The number of terminal acetylenes is 1. The summed E-state index contributed by atoms with van der Waals surface area (Å²) in [5.74, 6) is 4.24. The van der Waals surface area contributed by atoms with Crippen LogP contribution >= 0.6 is 0 Å². The number of aliphatic hydroxyl groups is 1. The maximum absolute atomic E-state index is 12.9. The topological polar surface area (TPSA) is 63.6 Å². The number of esters is 1. The third kappa shape index (κ3) is 3.31. The van der Waals surface area contributed by atoms with E-state index in [2.05, 4.69) is 19.8 Å². The van der Waals surface area contributed by atoms with Crippen molar-refractivity contribution < 1.29 is 19.4 Å². The fraction of sp³-hybridized carbons (Fsp3) is 0.586. The second-order valence-electron chi connectivity index (χ2n) is 11.4. The van der Waals surface area contributed by atoms with E-state index in [1.54, 1.807) is 24.3 Å². The predicted molar refractivity (Wildman–Crippen MR) is 126 cm³/mol. The van der Waals surface area contributed by atoms with Crippen molar-refractivity contribution in [3.8, 4) is 12.3 Å². The van der Waals surface area contributed by atoms with Crippen LogP contribution in [-0.2, 0) is 9.53 Å². The van der Waals surface area contributed by atoms with Gasteiger partial charge in [-0.3, -0.25) is 4.79 Å². The SMILES string of the molecule is C#C[C@@]1(O)CC[C@H]2[C@@H]3CCC4CC(=O)C(=COC(=O)c5ccccc5)C[C@]4(C)[C@H]3CC[C@@]21C. The summed E-state index contributed by atoms with van der Waals surface area (Å²) < 4.78 is 5.45. The molecule has 4 saturated carbocycles. The van der Waals surface area contributed by atoms with Gasteiger partial charge < -0.3 is 9.84 Å². The summed E-state index contributed by atoms with van der Waals surface area (Å²) in [6.45, 7) is 4.55. The number of carbonyl (C=O) groups excluding carboxylic acids is 2. The molecule has 4 heteroatoms. The molecule has 0 bridgehead atoms. The van der Waals surface area contributed by atoms with Gasteiger partial charge in [0, 0.05) is 17.4 Å². The molecule has 174 valence electrons. The summed E-state index contributed by atoms with van der Waals surface area (Å²) in [7, 11) is 0. The Balaban J connectivity index is 1.38. The predicted octanol–water partition coefficient (Wildman–Crippen LogP) is 5.31. The van der Waals surface area contributed by atoms with Crippen LogP contribution < -0.4 is 0 Å². The maximum Gasteiger partial charge on any atom is 0.342 e. The average Bonchev–Trinajstić information content (AvgIpc) is 3.09. The Labute approximate surface area is 196 Å². The summed E-state index contributed by atoms with van der Waals surface area (Å²) in [5, 5.41) is 11.2. The van der Waals surface area contributed by atoms with Crippen LogP contribution in [0.25, 0.3) is 0 Å². The molecule has 4 aliphatic rings. The second kappa shape index (κ2) is 7.84. The molecule has 4 fully saturated rings. The molecular formula is C29H34O4. The van der Waals surface area contributed by atoms with Crippen molar-refractivity contribution in [1.82, 2.24) is 0 Å². The lowest BCUT2D eigenvalue weighted by atomic mass is 9.44. The van der Waals surface area contributed by atoms with E-state index in [-0.39, 0.29) is 16.6 Å². The molecule has 1 aromatic rings. The van der Waals surface area contributed by atoms with Crippen LogP contribution in [0.1, 0.15) is 75.6 Å². The van der Waals surface area contributed by atoms with Crippen LogP contribution in [0.15, 0.2) is 42.2 Å². The van der Waals surface area contributed by atoms with E-state index in [0.29, 0.717) is 54.1 Å². The Morgan fingerprint density at radius 2 is 1.85 bits per heavy atom. The molecule has 1 unspecified atom stereocenters. The normalized spacial score (nSPS) is 43.2. The number of hydrogen-bond acceptors (Lipinski definition) is 4. The van der Waals surface area contributed by atoms with Crippen molar-refractivity contribution in [3.63, 3.8) is 0 Å². The number of ketones is 1. The third-order valence-corrected chi connectivity index (χ3v) is 10.1. The summed E-state index contributed by atoms with van der Waals surface area (Å²) >= 11 is 0. The molecule has 0 aromatic heterocycles. The number of fused-ring (bicyclic) bond motifs is 5. The molecule has 0 spiro atoms. The Kier molecular flexibility index (Phi) is 5.33. The van der Waals surface area contributed by atoms with Gasteiger partial charge in [0.2, 0.25) is 0 Å². The molecule has 1 N–H and O–H groups in total. The zero-order valence-corrected chi connectivity index (χ0v) is 19.7. The van der Waals surface area contributed by atoms with Gasteiger partial charge in [0.05, 0.1) is 5.56 Å². The number of rotatable bonds is 2. The van der Waals surface area contributed by atoms with Crippen LogP contribution in [0.4, 0.5) is 0 Å². The molecule has 0 aliphatic heterocycles. The van der Waals surface area contributed by atoms with Gasteiger partial charge in [0.15, 0.2) is 5.78 Å². The summed E-state index contributed by atoms with van der Waals surface area (Å²) in [6, 6.07) is 8.87. The monoisotopic (exact) mass is 446 g/mol. The largest absolute Gasteiger partial charge is 0.430 e. The quantitative estimate of drug-likeness (QED) is 0.289. The molecule has 0 heterocycles. The van der Waals surface area contributed by atoms with Crippen LogP contribution in [0.3, 0.4) is 0 Å². The van der Waals surface area contributed by atoms with E-state index in [1.165, 1.54) is 6.26 Å². The molecule has 0 radical (unpaired) electrons. The number of Topliss-reactive ketones (excluding diaryl/α,β-unsaturated/α-hetero) is 1. The Bertz CT molecular complexity index is 1040. The lowest BCUT2D eigenvalue weighted by Crippen LogP contribution is -2.56. The first kappa shape index (κ1) is 22.4. The molecule has 1 aromatic carbocycles. The average molecular weight is 447 g/mol. The smallest absolute Gasteiger partial charge is 0.342 e. The molecular weight excluding hydrogens is 412 g/mol. The van der Waals surface area contributed by atoms with Crippen molar-refractivity contribution in [2.24, 2.45) is 34.5 Å². The fourth-order valence-corrected chi connectivity index (χ4v) is 8.14. The van der Waals surface area contributed by atoms with Gasteiger partial charge >= 0.3 is 5.97 Å². The van der Waals surface area contributed by atoms with E-state index in [4.69, 9.17) is 11.2 Å². The van der Waals surface area contributed by atoms with Gasteiger partial charge in [-0.25, -0.2) is 4.79 Å². The molecule has 4 aliphatic carbocycles. The molecule has 0 saturated heterocycles. The number of allylic oxidation sites excluding steroid dienone is 1. The number of ether oxygens (including phenoxy) is 1. The Hall–Kier alpha value is -2.38. The van der Waals surface area contributed by atoms with E-state index in [0.717, 1.165) is 32.1 Å². The molecule has 7 atom stereocenters. The van der Waals surface area contributed by atoms with Gasteiger partial charge in [-0.1, -0.05) is 38.0 Å². The standard InChI is InChI=1S/C29H34O4/c1-4-29(32)15-13-24-22-11-10-21-16-25(30)20(18-33-26(31)19-8-6-5-7-9-19)17-27(21,2)23(22)12-14-28(24,29)3/h1,5-9,18,21-24,32H,10-17H2,2-3H3/t21?,22-,23+,24+,27+,28+,29-/m1/s1. The highest BCUT2D eigenvalue weighted by molar-refractivity contribution is 5.97. The summed E-state index contributed by atoms with van der Waals surface area (Å²) in [4.78, 5) is 25.4. The van der Waals surface area contributed by atoms with Gasteiger partial charge in [-0.2, -0.15) is 0 Å². The van der Waals surface area contributed by atoms with Crippen LogP contribution in [0.2, 0.25) is 0 Å². The zero-order chi connectivity index (χ0) is 23.4. The first-order chi connectivity index (χ1) is 15.7. The third-order valence-electron chi connectivity index (χ3n) is 10.1. The van der Waals surface area contributed by atoms with Gasteiger partial charge in [0.1, 0.15) is 11.9 Å².